The number of carbonyl (C=O) groups is 2. The summed E-state index contributed by atoms with van der Waals surface area (Å²) in [5.41, 5.74) is 6.43. The number of hydrogen-bond acceptors (Lipinski definition) is 3. The van der Waals surface area contributed by atoms with Crippen LogP contribution in [0.3, 0.4) is 0 Å². The third kappa shape index (κ3) is 5.47. The minimum atomic E-state index is -0.243. The number of hydrogen-bond donors (Lipinski definition) is 3. The van der Waals surface area contributed by atoms with Gasteiger partial charge in [-0.25, -0.2) is 4.79 Å². The molecular formula is C19H29N5O2. The maximum absolute atomic E-state index is 12.5. The molecule has 0 aromatic heterocycles. The molecule has 1 fully saturated rings. The van der Waals surface area contributed by atoms with Gasteiger partial charge in [0.1, 0.15) is 0 Å². The predicted octanol–water partition coefficient (Wildman–Crippen LogP) is 1.99. The van der Waals surface area contributed by atoms with Crippen LogP contribution in [0, 0.1) is 17.2 Å². The fourth-order valence-electron chi connectivity index (χ4n) is 3.26. The lowest BCUT2D eigenvalue weighted by molar-refractivity contribution is -0.127. The third-order valence-electron chi connectivity index (χ3n) is 5.07. The normalized spacial score (nSPS) is 18.1. The molecule has 1 saturated heterocycles. The molecule has 142 valence electrons. The van der Waals surface area contributed by atoms with Gasteiger partial charge in [0.25, 0.3) is 0 Å². The second kappa shape index (κ2) is 9.22. The van der Waals surface area contributed by atoms with Crippen LogP contribution in [0.1, 0.15) is 31.7 Å². The first-order valence-corrected chi connectivity index (χ1v) is 9.05. The Morgan fingerprint density at radius 2 is 2.08 bits per heavy atom. The van der Waals surface area contributed by atoms with Gasteiger partial charge in [0, 0.05) is 33.1 Å². The largest absolute Gasteiger partial charge is 0.370 e. The quantitative estimate of drug-likeness (QED) is 0.553. The van der Waals surface area contributed by atoms with Crippen molar-refractivity contribution in [3.05, 3.63) is 35.9 Å². The molecule has 0 spiro atoms. The Kier molecular flexibility index (Phi) is 7.00. The highest BCUT2D eigenvalue weighted by atomic mass is 16.2. The van der Waals surface area contributed by atoms with Gasteiger partial charge in [-0.2, -0.15) is 0 Å². The summed E-state index contributed by atoms with van der Waals surface area (Å²) in [4.78, 5) is 27.6. The standard InChI is InChI=1S/C19H29N5O2/c1-14(11-17(25)23(2)18(20)21)16-9-6-10-24(13-16)19(26)22-12-15-7-4-3-5-8-15/h3-5,7-8,14,16H,6,9-13H2,1-2H3,(H3,20,21)(H,22,26)/t14-,16?/m1/s1. The molecule has 1 heterocycles. The summed E-state index contributed by atoms with van der Waals surface area (Å²) in [5, 5.41) is 10.3. The molecule has 1 aromatic rings. The number of likely N-dealkylation sites (tertiary alicyclic amines) is 1. The minimum absolute atomic E-state index is 0.0575. The lowest BCUT2D eigenvalue weighted by atomic mass is 9.84. The third-order valence-corrected chi connectivity index (χ3v) is 5.07. The number of nitrogens with zero attached hydrogens (tertiary/aromatic N) is 2. The Labute approximate surface area is 155 Å². The van der Waals surface area contributed by atoms with Crippen LogP contribution in [0.15, 0.2) is 30.3 Å². The number of nitrogens with two attached hydrogens (primary N) is 1. The number of rotatable bonds is 5. The molecule has 26 heavy (non-hydrogen) atoms. The topological polar surface area (TPSA) is 103 Å². The molecule has 1 aliphatic rings. The van der Waals surface area contributed by atoms with Crippen LogP contribution in [0.2, 0.25) is 0 Å². The van der Waals surface area contributed by atoms with Crippen molar-refractivity contribution in [2.75, 3.05) is 20.1 Å². The van der Waals surface area contributed by atoms with E-state index >= 15 is 0 Å². The number of urea groups is 1. The van der Waals surface area contributed by atoms with Crippen molar-refractivity contribution in [1.29, 1.82) is 5.41 Å². The first-order chi connectivity index (χ1) is 12.4. The van der Waals surface area contributed by atoms with Gasteiger partial charge >= 0.3 is 6.03 Å². The van der Waals surface area contributed by atoms with E-state index in [4.69, 9.17) is 11.1 Å². The highest BCUT2D eigenvalue weighted by Gasteiger charge is 2.29. The van der Waals surface area contributed by atoms with Crippen molar-refractivity contribution in [3.8, 4) is 0 Å². The Morgan fingerprint density at radius 1 is 1.38 bits per heavy atom. The number of nitrogens with one attached hydrogen (secondary N) is 2. The van der Waals surface area contributed by atoms with E-state index in [1.54, 1.807) is 0 Å². The SMILES string of the molecule is C[C@H](CC(=O)N(C)C(=N)N)C1CCCN(C(=O)NCc2ccccc2)C1. The highest BCUT2D eigenvalue weighted by Crippen LogP contribution is 2.26. The molecule has 0 saturated carbocycles. The maximum atomic E-state index is 12.5. The van der Waals surface area contributed by atoms with Gasteiger partial charge in [-0.3, -0.25) is 15.1 Å². The number of carbonyl (C=O) groups excluding carboxylic acids is 2. The molecule has 1 aromatic carbocycles. The van der Waals surface area contributed by atoms with E-state index in [2.05, 4.69) is 5.32 Å². The minimum Gasteiger partial charge on any atom is -0.370 e. The Balaban J connectivity index is 1.84. The van der Waals surface area contributed by atoms with E-state index in [9.17, 15) is 9.59 Å². The zero-order chi connectivity index (χ0) is 19.1. The number of benzene rings is 1. The molecule has 0 radical (unpaired) electrons. The van der Waals surface area contributed by atoms with Crippen LogP contribution in [-0.4, -0.2) is 47.8 Å². The summed E-state index contributed by atoms with van der Waals surface area (Å²) in [6.45, 7) is 3.93. The average molecular weight is 359 g/mol. The van der Waals surface area contributed by atoms with Crippen molar-refractivity contribution in [2.45, 2.75) is 32.7 Å². The van der Waals surface area contributed by atoms with Gasteiger partial charge in [0.15, 0.2) is 5.96 Å². The molecule has 1 unspecified atom stereocenters. The lowest BCUT2D eigenvalue weighted by Crippen LogP contribution is -2.47. The van der Waals surface area contributed by atoms with Crippen molar-refractivity contribution in [3.63, 3.8) is 0 Å². The molecule has 7 nitrogen and oxygen atoms in total. The van der Waals surface area contributed by atoms with Gasteiger partial charge in [0.05, 0.1) is 0 Å². The summed E-state index contributed by atoms with van der Waals surface area (Å²) in [6, 6.07) is 9.77. The van der Waals surface area contributed by atoms with E-state index < -0.39 is 0 Å². The van der Waals surface area contributed by atoms with Gasteiger partial charge in [-0.1, -0.05) is 37.3 Å². The first-order valence-electron chi connectivity index (χ1n) is 9.05. The highest BCUT2D eigenvalue weighted by molar-refractivity contribution is 5.94. The molecule has 2 atom stereocenters. The average Bonchev–Trinajstić information content (AvgIpc) is 2.66. The molecular weight excluding hydrogens is 330 g/mol. The van der Waals surface area contributed by atoms with Crippen LogP contribution in [0.4, 0.5) is 4.79 Å². The second-order valence-corrected chi connectivity index (χ2v) is 7.01. The van der Waals surface area contributed by atoms with Crippen LogP contribution >= 0.6 is 0 Å². The Bertz CT molecular complexity index is 634. The van der Waals surface area contributed by atoms with Crippen LogP contribution in [0.5, 0.6) is 0 Å². The molecule has 7 heteroatoms. The fraction of sp³-hybridized carbons (Fsp3) is 0.526. The van der Waals surface area contributed by atoms with Crippen molar-refractivity contribution in [2.24, 2.45) is 17.6 Å². The van der Waals surface area contributed by atoms with Crippen molar-refractivity contribution >= 4 is 17.9 Å². The summed E-state index contributed by atoms with van der Waals surface area (Å²) >= 11 is 0. The maximum Gasteiger partial charge on any atom is 0.317 e. The van der Waals surface area contributed by atoms with Crippen molar-refractivity contribution < 1.29 is 9.59 Å². The summed E-state index contributed by atoms with van der Waals surface area (Å²) in [7, 11) is 1.52. The van der Waals surface area contributed by atoms with E-state index in [-0.39, 0.29) is 29.7 Å². The van der Waals surface area contributed by atoms with Gasteiger partial charge in [0.2, 0.25) is 5.91 Å². The number of guanidine groups is 1. The van der Waals surface area contributed by atoms with E-state index in [1.165, 1.54) is 11.9 Å². The summed E-state index contributed by atoms with van der Waals surface area (Å²) in [6.07, 6.45) is 2.27. The van der Waals surface area contributed by atoms with E-state index in [0.29, 0.717) is 19.5 Å². The lowest BCUT2D eigenvalue weighted by Gasteiger charge is -2.36. The molecule has 1 aliphatic heterocycles. The monoisotopic (exact) mass is 359 g/mol. The zero-order valence-electron chi connectivity index (χ0n) is 15.6. The molecule has 4 N–H and O–H groups in total. The van der Waals surface area contributed by atoms with Crippen LogP contribution in [-0.2, 0) is 11.3 Å². The predicted molar refractivity (Wildman–Crippen MR) is 101 cm³/mol. The summed E-state index contributed by atoms with van der Waals surface area (Å²) in [5.74, 6) is 0.00738. The smallest absolute Gasteiger partial charge is 0.317 e. The van der Waals surface area contributed by atoms with Crippen molar-refractivity contribution in [1.82, 2.24) is 15.1 Å². The van der Waals surface area contributed by atoms with E-state index in [1.807, 2.05) is 42.2 Å². The fourth-order valence-corrected chi connectivity index (χ4v) is 3.26. The van der Waals surface area contributed by atoms with Crippen LogP contribution < -0.4 is 11.1 Å². The Morgan fingerprint density at radius 3 is 2.73 bits per heavy atom. The first kappa shape index (κ1) is 19.8. The summed E-state index contributed by atoms with van der Waals surface area (Å²) < 4.78 is 0. The zero-order valence-corrected chi connectivity index (χ0v) is 15.6. The second-order valence-electron chi connectivity index (χ2n) is 7.01. The van der Waals surface area contributed by atoms with Gasteiger partial charge in [-0.15, -0.1) is 0 Å². The van der Waals surface area contributed by atoms with Crippen LogP contribution in [0.25, 0.3) is 0 Å². The van der Waals surface area contributed by atoms with Gasteiger partial charge in [-0.05, 0) is 30.2 Å². The molecule has 3 amide bonds. The molecule has 2 rings (SSSR count). The molecule has 0 bridgehead atoms. The number of piperidine rings is 1. The number of amides is 3. The Hall–Kier alpha value is -2.57. The molecule has 0 aliphatic carbocycles. The van der Waals surface area contributed by atoms with Gasteiger partial charge < -0.3 is 16.0 Å². The van der Waals surface area contributed by atoms with E-state index in [0.717, 1.165) is 24.9 Å².